The molecule has 0 aliphatic heterocycles. The lowest BCUT2D eigenvalue weighted by atomic mass is 9.90. The molecule has 0 N–H and O–H groups in total. The van der Waals surface area contributed by atoms with Gasteiger partial charge >= 0.3 is 0 Å². The minimum Gasteiger partial charge on any atom is -0.123 e. The molecule has 0 heterocycles. The van der Waals surface area contributed by atoms with Crippen LogP contribution in [0.25, 0.3) is 0 Å². The van der Waals surface area contributed by atoms with Crippen LogP contribution in [0.15, 0.2) is 0 Å². The van der Waals surface area contributed by atoms with E-state index in [0.717, 1.165) is 12.8 Å². The van der Waals surface area contributed by atoms with E-state index in [1.165, 1.54) is 6.42 Å². The maximum Gasteiger partial charge on any atom is 0.0375 e. The van der Waals surface area contributed by atoms with E-state index in [9.17, 15) is 0 Å². The second-order valence-electron chi connectivity index (χ2n) is 2.82. The zero-order chi connectivity index (χ0) is 6.85. The third-order valence-electron chi connectivity index (χ3n) is 2.10. The highest BCUT2D eigenvalue weighted by atomic mass is 35.5. The Kier molecular flexibility index (Phi) is 2.66. The first-order valence-electron chi connectivity index (χ1n) is 3.50. The zero-order valence-corrected chi connectivity index (χ0v) is 7.12. The van der Waals surface area contributed by atoms with Gasteiger partial charge in [0.15, 0.2) is 0 Å². The minimum absolute atomic E-state index is 0.321. The number of rotatable bonds is 0. The van der Waals surface area contributed by atoms with Gasteiger partial charge < -0.3 is 0 Å². The summed E-state index contributed by atoms with van der Waals surface area (Å²) < 4.78 is 0. The largest absolute Gasteiger partial charge is 0.123 e. The summed E-state index contributed by atoms with van der Waals surface area (Å²) in [4.78, 5) is 0. The first-order valence-corrected chi connectivity index (χ1v) is 4.37. The highest BCUT2D eigenvalue weighted by Crippen LogP contribution is 2.31. The van der Waals surface area contributed by atoms with Crippen molar-refractivity contribution in [3.63, 3.8) is 0 Å². The van der Waals surface area contributed by atoms with E-state index in [-0.39, 0.29) is 0 Å². The van der Waals surface area contributed by atoms with Crippen LogP contribution in [0.3, 0.4) is 0 Å². The van der Waals surface area contributed by atoms with Gasteiger partial charge in [0, 0.05) is 10.8 Å². The van der Waals surface area contributed by atoms with Gasteiger partial charge in [0.05, 0.1) is 0 Å². The predicted molar refractivity (Wildman–Crippen MR) is 42.3 cm³/mol. The molecule has 0 spiro atoms. The van der Waals surface area contributed by atoms with Crippen molar-refractivity contribution < 1.29 is 0 Å². The third kappa shape index (κ3) is 1.75. The third-order valence-corrected chi connectivity index (χ3v) is 3.33. The molecule has 0 bridgehead atoms. The Balaban J connectivity index is 2.41. The van der Waals surface area contributed by atoms with E-state index in [0.29, 0.717) is 16.7 Å². The SMILES string of the molecule is CC1C(Cl)CCCC1Cl. The van der Waals surface area contributed by atoms with Crippen molar-refractivity contribution in [1.29, 1.82) is 0 Å². The quantitative estimate of drug-likeness (QED) is 0.486. The maximum absolute atomic E-state index is 5.98. The second-order valence-corrected chi connectivity index (χ2v) is 3.94. The minimum atomic E-state index is 0.321. The van der Waals surface area contributed by atoms with Crippen molar-refractivity contribution in [3.8, 4) is 0 Å². The van der Waals surface area contributed by atoms with Crippen molar-refractivity contribution in [2.75, 3.05) is 0 Å². The summed E-state index contributed by atoms with van der Waals surface area (Å²) in [6.07, 6.45) is 3.49. The number of hydrogen-bond donors (Lipinski definition) is 0. The normalized spacial score (nSPS) is 45.0. The van der Waals surface area contributed by atoms with Gasteiger partial charge in [-0.1, -0.05) is 13.3 Å². The molecule has 0 aromatic carbocycles. The molecule has 1 saturated carbocycles. The Morgan fingerprint density at radius 2 is 1.56 bits per heavy atom. The molecule has 0 aromatic rings. The molecular weight excluding hydrogens is 155 g/mol. The Morgan fingerprint density at radius 3 is 1.89 bits per heavy atom. The van der Waals surface area contributed by atoms with Crippen molar-refractivity contribution >= 4 is 23.2 Å². The monoisotopic (exact) mass is 166 g/mol. The van der Waals surface area contributed by atoms with Crippen molar-refractivity contribution in [1.82, 2.24) is 0 Å². The average molecular weight is 167 g/mol. The fourth-order valence-corrected chi connectivity index (χ4v) is 1.99. The van der Waals surface area contributed by atoms with E-state index >= 15 is 0 Å². The Bertz CT molecular complexity index is 82.9. The second kappa shape index (κ2) is 3.12. The lowest BCUT2D eigenvalue weighted by Crippen LogP contribution is -2.26. The fraction of sp³-hybridized carbons (Fsp3) is 1.00. The lowest BCUT2D eigenvalue weighted by molar-refractivity contribution is 0.400. The Morgan fingerprint density at radius 1 is 1.11 bits per heavy atom. The summed E-state index contributed by atoms with van der Waals surface area (Å²) in [7, 11) is 0. The number of hydrogen-bond acceptors (Lipinski definition) is 0. The summed E-state index contributed by atoms with van der Waals surface area (Å²) in [5.41, 5.74) is 0. The molecular formula is C7H12Cl2. The molecule has 1 aliphatic rings. The molecule has 54 valence electrons. The molecule has 1 rings (SSSR count). The summed E-state index contributed by atoms with van der Waals surface area (Å²) in [6, 6.07) is 0. The van der Waals surface area contributed by atoms with Gasteiger partial charge in [-0.05, 0) is 18.8 Å². The van der Waals surface area contributed by atoms with Gasteiger partial charge in [0.1, 0.15) is 0 Å². The van der Waals surface area contributed by atoms with Crippen LogP contribution in [0.4, 0.5) is 0 Å². The molecule has 9 heavy (non-hydrogen) atoms. The summed E-state index contributed by atoms with van der Waals surface area (Å²) in [5, 5.41) is 0.641. The van der Waals surface area contributed by atoms with Crippen LogP contribution in [0.1, 0.15) is 26.2 Å². The smallest absolute Gasteiger partial charge is 0.0375 e. The average Bonchev–Trinajstić information content (AvgIpc) is 1.83. The van der Waals surface area contributed by atoms with Crippen LogP contribution in [0.2, 0.25) is 0 Å². The molecule has 2 heteroatoms. The first-order chi connectivity index (χ1) is 4.22. The van der Waals surface area contributed by atoms with Gasteiger partial charge in [-0.2, -0.15) is 0 Å². The fourth-order valence-electron chi connectivity index (χ4n) is 1.26. The Hall–Kier alpha value is 0.580. The van der Waals surface area contributed by atoms with Crippen LogP contribution in [-0.4, -0.2) is 10.8 Å². The highest BCUT2D eigenvalue weighted by Gasteiger charge is 2.26. The van der Waals surface area contributed by atoms with Gasteiger partial charge in [-0.3, -0.25) is 0 Å². The zero-order valence-electron chi connectivity index (χ0n) is 5.61. The highest BCUT2D eigenvalue weighted by molar-refractivity contribution is 6.24. The molecule has 0 aromatic heterocycles. The standard InChI is InChI=1S/C7H12Cl2/c1-5-6(8)3-2-4-7(5)9/h5-7H,2-4H2,1H3. The van der Waals surface area contributed by atoms with E-state index in [1.807, 2.05) is 0 Å². The van der Waals surface area contributed by atoms with Crippen LogP contribution < -0.4 is 0 Å². The van der Waals surface area contributed by atoms with Crippen LogP contribution in [0.5, 0.6) is 0 Å². The summed E-state index contributed by atoms with van der Waals surface area (Å²) in [5.74, 6) is 0.502. The number of halogens is 2. The van der Waals surface area contributed by atoms with E-state index in [2.05, 4.69) is 6.92 Å². The topological polar surface area (TPSA) is 0 Å². The summed E-state index contributed by atoms with van der Waals surface area (Å²) >= 11 is 12.0. The molecule has 0 saturated heterocycles. The lowest BCUT2D eigenvalue weighted by Gasteiger charge is -2.27. The van der Waals surface area contributed by atoms with Crippen molar-refractivity contribution in [2.45, 2.75) is 36.9 Å². The molecule has 0 amide bonds. The van der Waals surface area contributed by atoms with Gasteiger partial charge in [0.25, 0.3) is 0 Å². The van der Waals surface area contributed by atoms with Gasteiger partial charge in [-0.25, -0.2) is 0 Å². The number of alkyl halides is 2. The molecule has 2 unspecified atom stereocenters. The van der Waals surface area contributed by atoms with E-state index in [1.54, 1.807) is 0 Å². The molecule has 1 fully saturated rings. The summed E-state index contributed by atoms with van der Waals surface area (Å²) in [6.45, 7) is 2.13. The van der Waals surface area contributed by atoms with Crippen molar-refractivity contribution in [2.24, 2.45) is 5.92 Å². The predicted octanol–water partition coefficient (Wildman–Crippen LogP) is 3.02. The molecule has 0 radical (unpaired) electrons. The molecule has 0 nitrogen and oxygen atoms in total. The van der Waals surface area contributed by atoms with Gasteiger partial charge in [-0.15, -0.1) is 23.2 Å². The first kappa shape index (κ1) is 7.68. The maximum atomic E-state index is 5.98. The van der Waals surface area contributed by atoms with Crippen LogP contribution in [0, 0.1) is 5.92 Å². The van der Waals surface area contributed by atoms with E-state index in [4.69, 9.17) is 23.2 Å². The van der Waals surface area contributed by atoms with E-state index < -0.39 is 0 Å². The molecule has 1 aliphatic carbocycles. The van der Waals surface area contributed by atoms with Gasteiger partial charge in [0.2, 0.25) is 0 Å². The molecule has 2 atom stereocenters. The van der Waals surface area contributed by atoms with Crippen molar-refractivity contribution in [3.05, 3.63) is 0 Å². The van der Waals surface area contributed by atoms with Crippen LogP contribution >= 0.6 is 23.2 Å². The Labute approximate surface area is 66.5 Å². The van der Waals surface area contributed by atoms with Crippen LogP contribution in [-0.2, 0) is 0 Å².